The van der Waals surface area contributed by atoms with Crippen molar-refractivity contribution < 1.29 is 29.1 Å². The lowest BCUT2D eigenvalue weighted by molar-refractivity contribution is -0.149. The highest BCUT2D eigenvalue weighted by Gasteiger charge is 2.38. The van der Waals surface area contributed by atoms with Crippen LogP contribution in [0.4, 0.5) is 0 Å². The van der Waals surface area contributed by atoms with Gasteiger partial charge in [0.1, 0.15) is 18.1 Å². The summed E-state index contributed by atoms with van der Waals surface area (Å²) in [6.45, 7) is 3.99. The highest BCUT2D eigenvalue weighted by molar-refractivity contribution is 5.96. The van der Waals surface area contributed by atoms with Gasteiger partial charge in [0.15, 0.2) is 0 Å². The van der Waals surface area contributed by atoms with E-state index >= 15 is 0 Å². The van der Waals surface area contributed by atoms with Crippen LogP contribution in [0.1, 0.15) is 45.1 Å². The number of nitrogens with two attached hydrogens (primary N) is 2. The predicted octanol–water partition coefficient (Wildman–Crippen LogP) is -0.477. The van der Waals surface area contributed by atoms with E-state index in [1.165, 1.54) is 4.90 Å². The van der Waals surface area contributed by atoms with Gasteiger partial charge in [0.05, 0.1) is 12.5 Å². The maximum atomic E-state index is 13.2. The van der Waals surface area contributed by atoms with Gasteiger partial charge in [0, 0.05) is 6.54 Å². The van der Waals surface area contributed by atoms with Gasteiger partial charge in [-0.1, -0.05) is 44.2 Å². The van der Waals surface area contributed by atoms with Gasteiger partial charge in [-0.05, 0) is 37.2 Å². The molecule has 0 spiro atoms. The molecule has 2 rings (SSSR count). The second-order valence-corrected chi connectivity index (χ2v) is 9.25. The van der Waals surface area contributed by atoms with Crippen molar-refractivity contribution in [2.75, 3.05) is 6.54 Å². The third-order valence-corrected chi connectivity index (χ3v) is 5.82. The van der Waals surface area contributed by atoms with E-state index in [0.29, 0.717) is 12.8 Å². The number of carboxylic acid groups (broad SMARTS) is 1. The Hall–Kier alpha value is -3.47. The van der Waals surface area contributed by atoms with Crippen molar-refractivity contribution in [1.29, 1.82) is 0 Å². The summed E-state index contributed by atoms with van der Waals surface area (Å²) in [5, 5.41) is 14.5. The van der Waals surface area contributed by atoms with Crippen molar-refractivity contribution >= 4 is 29.6 Å². The summed E-state index contributed by atoms with van der Waals surface area (Å²) in [4.78, 5) is 63.3. The summed E-state index contributed by atoms with van der Waals surface area (Å²) in [6.07, 6.45) is 0.864. The van der Waals surface area contributed by atoms with Gasteiger partial charge in [0.2, 0.25) is 23.6 Å². The van der Waals surface area contributed by atoms with Gasteiger partial charge in [-0.2, -0.15) is 0 Å². The van der Waals surface area contributed by atoms with Gasteiger partial charge >= 0.3 is 5.97 Å². The van der Waals surface area contributed by atoms with Crippen LogP contribution < -0.4 is 22.1 Å². The molecule has 1 heterocycles. The molecular weight excluding hydrogens is 454 g/mol. The number of carbonyl (C=O) groups excluding carboxylic acids is 4. The molecule has 0 bridgehead atoms. The smallest absolute Gasteiger partial charge is 0.326 e. The molecule has 0 radical (unpaired) electrons. The summed E-state index contributed by atoms with van der Waals surface area (Å²) in [5.74, 6) is -3.85. The Morgan fingerprint density at radius 1 is 1.06 bits per heavy atom. The first kappa shape index (κ1) is 27.8. The molecule has 0 aliphatic carbocycles. The van der Waals surface area contributed by atoms with Gasteiger partial charge < -0.3 is 32.1 Å². The lowest BCUT2D eigenvalue weighted by Gasteiger charge is -2.29. The van der Waals surface area contributed by atoms with E-state index in [2.05, 4.69) is 10.6 Å². The SMILES string of the molecule is CC(C)CC(NC(=O)C(CC(N)=O)NC(=O)C(N)Cc1ccccc1)C(=O)N1CCCC1C(=O)O. The minimum absolute atomic E-state index is 0.00129. The minimum Gasteiger partial charge on any atom is -0.480 e. The standard InChI is InChI=1S/C24H35N5O6/c1-14(2)11-18(23(33)29-10-6-9-19(29)24(34)35)28-22(32)17(13-20(26)30)27-21(31)16(25)12-15-7-4-3-5-8-15/h3-5,7-8,14,16-19H,6,9-13,25H2,1-2H3,(H2,26,30)(H,27,31)(H,28,32)(H,34,35). The first-order valence-corrected chi connectivity index (χ1v) is 11.7. The van der Waals surface area contributed by atoms with E-state index < -0.39 is 60.2 Å². The topological polar surface area (TPSA) is 185 Å². The van der Waals surface area contributed by atoms with Crippen LogP contribution in [0.25, 0.3) is 0 Å². The minimum atomic E-state index is -1.34. The zero-order valence-corrected chi connectivity index (χ0v) is 20.1. The molecule has 35 heavy (non-hydrogen) atoms. The molecule has 0 aromatic heterocycles. The Bertz CT molecular complexity index is 922. The monoisotopic (exact) mass is 489 g/mol. The predicted molar refractivity (Wildman–Crippen MR) is 128 cm³/mol. The zero-order valence-electron chi connectivity index (χ0n) is 20.1. The Kier molecular flexibility index (Phi) is 10.2. The average molecular weight is 490 g/mol. The number of benzene rings is 1. The molecule has 4 unspecified atom stereocenters. The number of primary amides is 1. The van der Waals surface area contributed by atoms with Crippen molar-refractivity contribution in [2.24, 2.45) is 17.4 Å². The largest absolute Gasteiger partial charge is 0.480 e. The Morgan fingerprint density at radius 3 is 2.26 bits per heavy atom. The maximum absolute atomic E-state index is 13.2. The molecule has 1 saturated heterocycles. The highest BCUT2D eigenvalue weighted by atomic mass is 16.4. The number of likely N-dealkylation sites (tertiary alicyclic amines) is 1. The number of carbonyl (C=O) groups is 5. The van der Waals surface area contributed by atoms with Crippen LogP contribution in [0.2, 0.25) is 0 Å². The third kappa shape index (κ3) is 8.36. The fourth-order valence-electron chi connectivity index (χ4n) is 4.10. The average Bonchev–Trinajstić information content (AvgIpc) is 3.28. The second-order valence-electron chi connectivity index (χ2n) is 9.25. The second kappa shape index (κ2) is 12.8. The summed E-state index contributed by atoms with van der Waals surface area (Å²) in [7, 11) is 0. The molecule has 0 saturated carbocycles. The van der Waals surface area contributed by atoms with E-state index in [4.69, 9.17) is 11.5 Å². The molecule has 4 amide bonds. The van der Waals surface area contributed by atoms with Crippen LogP contribution in [0.3, 0.4) is 0 Å². The van der Waals surface area contributed by atoms with Crippen LogP contribution >= 0.6 is 0 Å². The van der Waals surface area contributed by atoms with Gasteiger partial charge in [-0.3, -0.25) is 19.2 Å². The molecule has 1 aromatic rings. The summed E-state index contributed by atoms with van der Waals surface area (Å²) < 4.78 is 0. The van der Waals surface area contributed by atoms with Crippen LogP contribution in [-0.4, -0.2) is 70.3 Å². The van der Waals surface area contributed by atoms with Crippen molar-refractivity contribution in [3.63, 3.8) is 0 Å². The van der Waals surface area contributed by atoms with Gasteiger partial charge in [0.25, 0.3) is 0 Å². The lowest BCUT2D eigenvalue weighted by Crippen LogP contribution is -2.58. The molecule has 7 N–H and O–H groups in total. The highest BCUT2D eigenvalue weighted by Crippen LogP contribution is 2.20. The number of nitrogens with zero attached hydrogens (tertiary/aromatic N) is 1. The molecule has 11 nitrogen and oxygen atoms in total. The van der Waals surface area contributed by atoms with Gasteiger partial charge in [-0.15, -0.1) is 0 Å². The summed E-state index contributed by atoms with van der Waals surface area (Å²) >= 11 is 0. The third-order valence-electron chi connectivity index (χ3n) is 5.82. The molecule has 1 fully saturated rings. The molecule has 11 heteroatoms. The number of carboxylic acids is 1. The van der Waals surface area contributed by atoms with E-state index in [-0.39, 0.29) is 25.3 Å². The van der Waals surface area contributed by atoms with Crippen molar-refractivity contribution in [2.45, 2.75) is 70.1 Å². The molecule has 1 aliphatic rings. The van der Waals surface area contributed by atoms with Crippen LogP contribution in [0.5, 0.6) is 0 Å². The Labute approximate surface area is 204 Å². The summed E-state index contributed by atoms with van der Waals surface area (Å²) in [6, 6.07) is 4.79. The quantitative estimate of drug-likeness (QED) is 0.262. The Balaban J connectivity index is 2.13. The maximum Gasteiger partial charge on any atom is 0.326 e. The van der Waals surface area contributed by atoms with E-state index in [9.17, 15) is 29.1 Å². The lowest BCUT2D eigenvalue weighted by atomic mass is 10.0. The first-order chi connectivity index (χ1) is 16.5. The number of hydrogen-bond acceptors (Lipinski definition) is 6. The number of aliphatic carboxylic acids is 1. The summed E-state index contributed by atoms with van der Waals surface area (Å²) in [5.41, 5.74) is 12.1. The van der Waals surface area contributed by atoms with Crippen LogP contribution in [-0.2, 0) is 30.4 Å². The van der Waals surface area contributed by atoms with Crippen molar-refractivity contribution in [3.05, 3.63) is 35.9 Å². The molecular formula is C24H35N5O6. The number of hydrogen-bond donors (Lipinski definition) is 5. The number of rotatable bonds is 12. The van der Waals surface area contributed by atoms with Crippen LogP contribution in [0, 0.1) is 5.92 Å². The molecule has 4 atom stereocenters. The van der Waals surface area contributed by atoms with Crippen molar-refractivity contribution in [3.8, 4) is 0 Å². The first-order valence-electron chi connectivity index (χ1n) is 11.7. The molecule has 192 valence electrons. The number of nitrogens with one attached hydrogen (secondary N) is 2. The van der Waals surface area contributed by atoms with E-state index in [0.717, 1.165) is 5.56 Å². The normalized spacial score (nSPS) is 17.9. The molecule has 1 aliphatic heterocycles. The van der Waals surface area contributed by atoms with Crippen molar-refractivity contribution in [1.82, 2.24) is 15.5 Å². The zero-order chi connectivity index (χ0) is 26.1. The fraction of sp³-hybridized carbons (Fsp3) is 0.542. The number of amides is 4. The fourth-order valence-corrected chi connectivity index (χ4v) is 4.10. The Morgan fingerprint density at radius 2 is 1.69 bits per heavy atom. The molecule has 1 aromatic carbocycles. The van der Waals surface area contributed by atoms with E-state index in [1.54, 1.807) is 0 Å². The van der Waals surface area contributed by atoms with E-state index in [1.807, 2.05) is 44.2 Å². The van der Waals surface area contributed by atoms with Gasteiger partial charge in [-0.25, -0.2) is 4.79 Å². The van der Waals surface area contributed by atoms with Crippen LogP contribution in [0.15, 0.2) is 30.3 Å².